The molecule has 1 aliphatic rings. The molecule has 6 heteroatoms. The molecule has 0 bridgehead atoms. The lowest BCUT2D eigenvalue weighted by atomic mass is 10.00. The fourth-order valence-corrected chi connectivity index (χ4v) is 2.02. The largest absolute Gasteiger partial charge is 0.382 e. The van der Waals surface area contributed by atoms with E-state index in [2.05, 4.69) is 20.8 Å². The van der Waals surface area contributed by atoms with Crippen molar-refractivity contribution < 1.29 is 0 Å². The van der Waals surface area contributed by atoms with Crippen molar-refractivity contribution in [3.8, 4) is 0 Å². The van der Waals surface area contributed by atoms with Gasteiger partial charge in [-0.1, -0.05) is 11.6 Å². The van der Waals surface area contributed by atoms with Gasteiger partial charge in [-0.05, 0) is 31.8 Å². The molecule has 1 aliphatic heterocycles. The van der Waals surface area contributed by atoms with E-state index in [0.717, 1.165) is 19.6 Å². The van der Waals surface area contributed by atoms with Crippen LogP contribution in [0.5, 0.6) is 0 Å². The zero-order chi connectivity index (χ0) is 11.4. The van der Waals surface area contributed by atoms with E-state index in [9.17, 15) is 4.79 Å². The average Bonchev–Trinajstić information content (AvgIpc) is 2.32. The van der Waals surface area contributed by atoms with Gasteiger partial charge in [-0.2, -0.15) is 5.10 Å². The molecule has 0 aliphatic carbocycles. The summed E-state index contributed by atoms with van der Waals surface area (Å²) in [6.07, 6.45) is 3.95. The van der Waals surface area contributed by atoms with Crippen LogP contribution < -0.4 is 16.2 Å². The molecular formula is C10H15ClN4O. The molecule has 1 aromatic rings. The molecule has 2 heterocycles. The standard InChI is InChI=1S/C10H15ClN4O/c11-9-8(6-14-15-10(9)16)13-5-7-2-1-3-12-4-7/h6-7,12H,1-5H2,(H2,13,15,16). The molecule has 1 unspecified atom stereocenters. The van der Waals surface area contributed by atoms with Gasteiger partial charge >= 0.3 is 0 Å². The molecule has 2 rings (SSSR count). The minimum Gasteiger partial charge on any atom is -0.382 e. The number of halogens is 1. The van der Waals surface area contributed by atoms with Crippen LogP contribution in [0.3, 0.4) is 0 Å². The summed E-state index contributed by atoms with van der Waals surface area (Å²) in [5.74, 6) is 0.587. The lowest BCUT2D eigenvalue weighted by molar-refractivity contribution is 0.393. The lowest BCUT2D eigenvalue weighted by Crippen LogP contribution is -2.33. The van der Waals surface area contributed by atoms with Gasteiger partial charge in [-0.15, -0.1) is 0 Å². The zero-order valence-corrected chi connectivity index (χ0v) is 9.68. The summed E-state index contributed by atoms with van der Waals surface area (Å²) in [6.45, 7) is 2.93. The van der Waals surface area contributed by atoms with Crippen LogP contribution in [-0.2, 0) is 0 Å². The van der Waals surface area contributed by atoms with Crippen molar-refractivity contribution in [3.63, 3.8) is 0 Å². The van der Waals surface area contributed by atoms with E-state index >= 15 is 0 Å². The number of aromatic amines is 1. The van der Waals surface area contributed by atoms with Gasteiger partial charge in [0.1, 0.15) is 5.02 Å². The number of hydrogen-bond acceptors (Lipinski definition) is 4. The van der Waals surface area contributed by atoms with Crippen LogP contribution in [0.15, 0.2) is 11.0 Å². The minimum atomic E-state index is -0.353. The highest BCUT2D eigenvalue weighted by molar-refractivity contribution is 6.32. The maximum Gasteiger partial charge on any atom is 0.285 e. The van der Waals surface area contributed by atoms with E-state index in [1.54, 1.807) is 6.20 Å². The van der Waals surface area contributed by atoms with Crippen LogP contribution in [0.1, 0.15) is 12.8 Å². The SMILES string of the molecule is O=c1[nH]ncc(NCC2CCCNC2)c1Cl. The predicted molar refractivity (Wildman–Crippen MR) is 64.0 cm³/mol. The lowest BCUT2D eigenvalue weighted by Gasteiger charge is -2.23. The first-order valence-electron chi connectivity index (χ1n) is 5.45. The molecule has 1 saturated heterocycles. The van der Waals surface area contributed by atoms with E-state index in [4.69, 9.17) is 11.6 Å². The fourth-order valence-electron chi connectivity index (χ4n) is 1.86. The summed E-state index contributed by atoms with van der Waals surface area (Å²) < 4.78 is 0. The number of rotatable bonds is 3. The van der Waals surface area contributed by atoms with Gasteiger partial charge in [0, 0.05) is 6.54 Å². The van der Waals surface area contributed by atoms with Crippen molar-refractivity contribution in [3.05, 3.63) is 21.6 Å². The summed E-state index contributed by atoms with van der Waals surface area (Å²) in [5, 5.41) is 12.7. The van der Waals surface area contributed by atoms with Gasteiger partial charge in [0.15, 0.2) is 0 Å². The van der Waals surface area contributed by atoms with Crippen LogP contribution in [0.4, 0.5) is 5.69 Å². The zero-order valence-electron chi connectivity index (χ0n) is 8.92. The topological polar surface area (TPSA) is 69.8 Å². The molecule has 0 radical (unpaired) electrons. The van der Waals surface area contributed by atoms with Gasteiger partial charge in [0.25, 0.3) is 5.56 Å². The quantitative estimate of drug-likeness (QED) is 0.735. The van der Waals surface area contributed by atoms with E-state index in [1.165, 1.54) is 12.8 Å². The molecule has 16 heavy (non-hydrogen) atoms. The third-order valence-electron chi connectivity index (χ3n) is 2.78. The van der Waals surface area contributed by atoms with E-state index in [1.807, 2.05) is 0 Å². The third-order valence-corrected chi connectivity index (χ3v) is 3.15. The summed E-state index contributed by atoms with van der Waals surface area (Å²) in [5.41, 5.74) is 0.254. The first-order valence-corrected chi connectivity index (χ1v) is 5.83. The van der Waals surface area contributed by atoms with Crippen LogP contribution in [0.2, 0.25) is 5.02 Å². The second kappa shape index (κ2) is 5.32. The molecule has 5 nitrogen and oxygen atoms in total. The van der Waals surface area contributed by atoms with Crippen molar-refractivity contribution >= 4 is 17.3 Å². The van der Waals surface area contributed by atoms with Crippen molar-refractivity contribution in [2.75, 3.05) is 25.0 Å². The van der Waals surface area contributed by atoms with E-state index in [0.29, 0.717) is 11.6 Å². The highest BCUT2D eigenvalue weighted by atomic mass is 35.5. The maximum atomic E-state index is 11.2. The van der Waals surface area contributed by atoms with Gasteiger partial charge in [0.05, 0.1) is 11.9 Å². The Bertz CT molecular complexity index is 400. The maximum absolute atomic E-state index is 11.2. The number of nitrogens with zero attached hydrogens (tertiary/aromatic N) is 1. The number of piperidine rings is 1. The van der Waals surface area contributed by atoms with Crippen molar-refractivity contribution in [2.45, 2.75) is 12.8 Å². The van der Waals surface area contributed by atoms with E-state index in [-0.39, 0.29) is 10.6 Å². The van der Waals surface area contributed by atoms with Gasteiger partial charge in [-0.3, -0.25) is 4.79 Å². The van der Waals surface area contributed by atoms with Crippen molar-refractivity contribution in [1.29, 1.82) is 0 Å². The molecule has 0 amide bonds. The second-order valence-corrected chi connectivity index (χ2v) is 4.40. The Morgan fingerprint density at radius 1 is 1.62 bits per heavy atom. The summed E-state index contributed by atoms with van der Waals surface area (Å²) in [4.78, 5) is 11.2. The minimum absolute atomic E-state index is 0.179. The Balaban J connectivity index is 1.93. The molecule has 0 aromatic carbocycles. The van der Waals surface area contributed by atoms with Crippen LogP contribution >= 0.6 is 11.6 Å². The van der Waals surface area contributed by atoms with Gasteiger partial charge in [-0.25, -0.2) is 5.10 Å². The Hall–Kier alpha value is -1.07. The smallest absolute Gasteiger partial charge is 0.285 e. The van der Waals surface area contributed by atoms with Crippen molar-refractivity contribution in [2.24, 2.45) is 5.92 Å². The highest BCUT2D eigenvalue weighted by Gasteiger charge is 2.13. The first kappa shape index (κ1) is 11.4. The number of H-pyrrole nitrogens is 1. The van der Waals surface area contributed by atoms with E-state index < -0.39 is 0 Å². The van der Waals surface area contributed by atoms with Crippen LogP contribution in [0.25, 0.3) is 0 Å². The van der Waals surface area contributed by atoms with Crippen molar-refractivity contribution in [1.82, 2.24) is 15.5 Å². The number of aromatic nitrogens is 2. The van der Waals surface area contributed by atoms with Gasteiger partial charge in [0.2, 0.25) is 0 Å². The highest BCUT2D eigenvalue weighted by Crippen LogP contribution is 2.16. The summed E-state index contributed by atoms with van der Waals surface area (Å²) in [7, 11) is 0. The Labute approximate surface area is 98.6 Å². The summed E-state index contributed by atoms with van der Waals surface area (Å²) in [6, 6.07) is 0. The normalized spacial score (nSPS) is 20.7. The van der Waals surface area contributed by atoms with Crippen LogP contribution in [-0.4, -0.2) is 29.8 Å². The second-order valence-electron chi connectivity index (χ2n) is 4.02. The Kier molecular flexibility index (Phi) is 3.79. The average molecular weight is 243 g/mol. The first-order chi connectivity index (χ1) is 7.77. The van der Waals surface area contributed by atoms with Gasteiger partial charge < -0.3 is 10.6 Å². The Morgan fingerprint density at radius 3 is 3.25 bits per heavy atom. The molecule has 88 valence electrons. The molecule has 3 N–H and O–H groups in total. The number of anilines is 1. The number of nitrogens with one attached hydrogen (secondary N) is 3. The molecule has 1 fully saturated rings. The Morgan fingerprint density at radius 2 is 2.50 bits per heavy atom. The molecule has 0 spiro atoms. The molecule has 0 saturated carbocycles. The third kappa shape index (κ3) is 2.74. The monoisotopic (exact) mass is 242 g/mol. The summed E-state index contributed by atoms with van der Waals surface area (Å²) >= 11 is 5.85. The number of hydrogen-bond donors (Lipinski definition) is 3. The molecule has 1 aromatic heterocycles. The predicted octanol–water partition coefficient (Wildman–Crippen LogP) is 0.835. The fraction of sp³-hybridized carbons (Fsp3) is 0.600. The van der Waals surface area contributed by atoms with Crippen LogP contribution in [0, 0.1) is 5.92 Å². The molecular weight excluding hydrogens is 228 g/mol. The molecule has 1 atom stereocenters.